The van der Waals surface area contributed by atoms with E-state index < -0.39 is 5.97 Å². The Morgan fingerprint density at radius 2 is 1.43 bits per heavy atom. The summed E-state index contributed by atoms with van der Waals surface area (Å²) in [4.78, 5) is 22.8. The highest BCUT2D eigenvalue weighted by Crippen LogP contribution is 2.16. The zero-order valence-corrected chi connectivity index (χ0v) is 12.0. The quantitative estimate of drug-likeness (QED) is 0.897. The van der Waals surface area contributed by atoms with Crippen molar-refractivity contribution in [2.45, 2.75) is 19.8 Å². The Hall–Kier alpha value is -2.62. The molecule has 0 radical (unpaired) electrons. The zero-order chi connectivity index (χ0) is 15.4. The number of hydrogen-bond donors (Lipinski definition) is 2. The van der Waals surface area contributed by atoms with Crippen LogP contribution in [0.3, 0.4) is 0 Å². The van der Waals surface area contributed by atoms with Gasteiger partial charge in [0.05, 0.1) is 5.56 Å². The predicted octanol–water partition coefficient (Wildman–Crippen LogP) is 3.76. The molecule has 2 aromatic rings. The second-order valence-electron chi connectivity index (χ2n) is 5.11. The molecule has 4 heteroatoms. The fourth-order valence-corrected chi connectivity index (χ4v) is 1.92. The number of carboxylic acids is 1. The summed E-state index contributed by atoms with van der Waals surface area (Å²) in [5, 5.41) is 11.6. The van der Waals surface area contributed by atoms with Gasteiger partial charge in [0.25, 0.3) is 5.91 Å². The summed E-state index contributed by atoms with van der Waals surface area (Å²) in [5.74, 6) is -0.781. The van der Waals surface area contributed by atoms with Gasteiger partial charge in [0.1, 0.15) is 0 Å². The summed E-state index contributed by atoms with van der Waals surface area (Å²) in [5.41, 5.74) is 2.51. The average molecular weight is 283 g/mol. The third kappa shape index (κ3) is 3.69. The van der Waals surface area contributed by atoms with E-state index >= 15 is 0 Å². The van der Waals surface area contributed by atoms with Crippen molar-refractivity contribution < 1.29 is 14.7 Å². The Kier molecular flexibility index (Phi) is 4.38. The number of rotatable bonds is 4. The van der Waals surface area contributed by atoms with Gasteiger partial charge in [0.2, 0.25) is 0 Å². The first-order valence-electron chi connectivity index (χ1n) is 6.72. The molecular weight excluding hydrogens is 266 g/mol. The van der Waals surface area contributed by atoms with Crippen molar-refractivity contribution in [2.75, 3.05) is 5.32 Å². The topological polar surface area (TPSA) is 66.4 Å². The number of carbonyl (C=O) groups excluding carboxylic acids is 1. The van der Waals surface area contributed by atoms with Crippen molar-refractivity contribution in [1.29, 1.82) is 0 Å². The van der Waals surface area contributed by atoms with Gasteiger partial charge in [-0.1, -0.05) is 26.0 Å². The first-order chi connectivity index (χ1) is 9.97. The van der Waals surface area contributed by atoms with Crippen LogP contribution in [0.5, 0.6) is 0 Å². The number of aromatic carboxylic acids is 1. The highest BCUT2D eigenvalue weighted by molar-refractivity contribution is 6.04. The lowest BCUT2D eigenvalue weighted by atomic mass is 10.0. The van der Waals surface area contributed by atoms with Crippen molar-refractivity contribution in [3.63, 3.8) is 0 Å². The van der Waals surface area contributed by atoms with Crippen LogP contribution < -0.4 is 5.32 Å². The number of carbonyl (C=O) groups is 2. The third-order valence-corrected chi connectivity index (χ3v) is 3.23. The third-order valence-electron chi connectivity index (χ3n) is 3.23. The van der Waals surface area contributed by atoms with Crippen LogP contribution >= 0.6 is 0 Å². The molecule has 0 unspecified atom stereocenters. The number of benzene rings is 2. The maximum atomic E-state index is 12.1. The fourth-order valence-electron chi connectivity index (χ4n) is 1.92. The van der Waals surface area contributed by atoms with Gasteiger partial charge in [0.15, 0.2) is 0 Å². The smallest absolute Gasteiger partial charge is 0.335 e. The molecule has 0 saturated carbocycles. The van der Waals surface area contributed by atoms with Gasteiger partial charge in [-0.25, -0.2) is 4.79 Å². The van der Waals surface area contributed by atoms with E-state index in [1.165, 1.54) is 17.7 Å². The lowest BCUT2D eigenvalue weighted by Gasteiger charge is -2.08. The van der Waals surface area contributed by atoms with E-state index in [0.717, 1.165) is 0 Å². The van der Waals surface area contributed by atoms with Crippen molar-refractivity contribution in [1.82, 2.24) is 0 Å². The van der Waals surface area contributed by atoms with Crippen LogP contribution in [0.15, 0.2) is 48.5 Å². The Balaban J connectivity index is 2.08. The van der Waals surface area contributed by atoms with E-state index in [4.69, 9.17) is 5.11 Å². The second-order valence-corrected chi connectivity index (χ2v) is 5.11. The van der Waals surface area contributed by atoms with Crippen molar-refractivity contribution in [2.24, 2.45) is 0 Å². The molecule has 0 saturated heterocycles. The van der Waals surface area contributed by atoms with Crippen LogP contribution in [-0.4, -0.2) is 17.0 Å². The van der Waals surface area contributed by atoms with Gasteiger partial charge < -0.3 is 10.4 Å². The number of amides is 1. The summed E-state index contributed by atoms with van der Waals surface area (Å²) in [6, 6.07) is 13.5. The van der Waals surface area contributed by atoms with Crippen LogP contribution in [0.4, 0.5) is 5.69 Å². The van der Waals surface area contributed by atoms with E-state index in [9.17, 15) is 9.59 Å². The standard InChI is InChI=1S/C17H17NO3/c1-11(2)12-3-5-13(6-4-12)16(19)18-15-9-7-14(8-10-15)17(20)21/h3-11H,1-2H3,(H,18,19)(H,20,21). The highest BCUT2D eigenvalue weighted by Gasteiger charge is 2.08. The minimum Gasteiger partial charge on any atom is -0.478 e. The lowest BCUT2D eigenvalue weighted by Crippen LogP contribution is -2.12. The van der Waals surface area contributed by atoms with Gasteiger partial charge in [-0.15, -0.1) is 0 Å². The summed E-state index contributed by atoms with van der Waals surface area (Å²) in [7, 11) is 0. The van der Waals surface area contributed by atoms with E-state index in [-0.39, 0.29) is 11.5 Å². The molecule has 0 bridgehead atoms. The molecule has 108 valence electrons. The molecule has 0 aliphatic carbocycles. The predicted molar refractivity (Wildman–Crippen MR) is 81.9 cm³/mol. The fraction of sp³-hybridized carbons (Fsp3) is 0.176. The van der Waals surface area contributed by atoms with E-state index in [1.54, 1.807) is 24.3 Å². The molecule has 4 nitrogen and oxygen atoms in total. The van der Waals surface area contributed by atoms with E-state index in [2.05, 4.69) is 19.2 Å². The lowest BCUT2D eigenvalue weighted by molar-refractivity contribution is 0.0696. The molecule has 2 N–H and O–H groups in total. The van der Waals surface area contributed by atoms with Gasteiger partial charge in [0, 0.05) is 11.3 Å². The first kappa shape index (κ1) is 14.8. The maximum Gasteiger partial charge on any atom is 0.335 e. The first-order valence-corrected chi connectivity index (χ1v) is 6.72. The molecule has 0 aliphatic rings. The molecular formula is C17H17NO3. The van der Waals surface area contributed by atoms with E-state index in [0.29, 0.717) is 17.2 Å². The highest BCUT2D eigenvalue weighted by atomic mass is 16.4. The molecule has 0 fully saturated rings. The number of nitrogens with one attached hydrogen (secondary N) is 1. The molecule has 2 rings (SSSR count). The molecule has 2 aromatic carbocycles. The average Bonchev–Trinajstić information content (AvgIpc) is 2.47. The summed E-state index contributed by atoms with van der Waals surface area (Å²) < 4.78 is 0. The van der Waals surface area contributed by atoms with Gasteiger partial charge >= 0.3 is 5.97 Å². The minimum absolute atomic E-state index is 0.189. The second kappa shape index (κ2) is 6.22. The van der Waals surface area contributed by atoms with E-state index in [1.807, 2.05) is 12.1 Å². The maximum absolute atomic E-state index is 12.1. The number of hydrogen-bond acceptors (Lipinski definition) is 2. The molecule has 0 spiro atoms. The van der Waals surface area contributed by atoms with Crippen LogP contribution in [0.2, 0.25) is 0 Å². The van der Waals surface area contributed by atoms with Crippen molar-refractivity contribution >= 4 is 17.6 Å². The molecule has 0 aromatic heterocycles. The van der Waals surface area contributed by atoms with Crippen LogP contribution in [0.1, 0.15) is 46.0 Å². The van der Waals surface area contributed by atoms with Crippen molar-refractivity contribution in [3.8, 4) is 0 Å². The Labute approximate surface area is 123 Å². The van der Waals surface area contributed by atoms with Crippen molar-refractivity contribution in [3.05, 3.63) is 65.2 Å². The molecule has 1 amide bonds. The Morgan fingerprint density at radius 1 is 0.905 bits per heavy atom. The summed E-state index contributed by atoms with van der Waals surface area (Å²) >= 11 is 0. The molecule has 0 atom stereocenters. The van der Waals surface area contributed by atoms with Crippen LogP contribution in [0.25, 0.3) is 0 Å². The van der Waals surface area contributed by atoms with Gasteiger partial charge in [-0.05, 0) is 47.9 Å². The Morgan fingerprint density at radius 3 is 1.90 bits per heavy atom. The normalized spacial score (nSPS) is 10.4. The molecule has 21 heavy (non-hydrogen) atoms. The summed E-state index contributed by atoms with van der Waals surface area (Å²) in [6.07, 6.45) is 0. The number of anilines is 1. The monoisotopic (exact) mass is 283 g/mol. The minimum atomic E-state index is -0.989. The van der Waals surface area contributed by atoms with Crippen LogP contribution in [0, 0.1) is 0 Å². The SMILES string of the molecule is CC(C)c1ccc(C(=O)Nc2ccc(C(=O)O)cc2)cc1. The number of carboxylic acid groups (broad SMARTS) is 1. The van der Waals surface area contributed by atoms with Crippen LogP contribution in [-0.2, 0) is 0 Å². The molecule has 0 heterocycles. The Bertz CT molecular complexity index is 643. The van der Waals surface area contributed by atoms with Gasteiger partial charge in [-0.3, -0.25) is 4.79 Å². The molecule has 0 aliphatic heterocycles. The summed E-state index contributed by atoms with van der Waals surface area (Å²) in [6.45, 7) is 4.19. The largest absolute Gasteiger partial charge is 0.478 e. The van der Waals surface area contributed by atoms with Gasteiger partial charge in [-0.2, -0.15) is 0 Å². The zero-order valence-electron chi connectivity index (χ0n) is 12.0.